The second-order valence-corrected chi connectivity index (χ2v) is 7.91. The van der Waals surface area contributed by atoms with Crippen molar-refractivity contribution in [1.82, 2.24) is 10.2 Å². The molecule has 0 fully saturated rings. The molecule has 0 bridgehead atoms. The first kappa shape index (κ1) is 16.7. The third kappa shape index (κ3) is 7.92. The maximum Gasteiger partial charge on any atom is 0.175 e. The highest BCUT2D eigenvalue weighted by atomic mass is 32.2. The van der Waals surface area contributed by atoms with E-state index < -0.39 is 0 Å². The number of thioether (sulfide) groups is 2. The Labute approximate surface area is 129 Å². The predicted octanol–water partition coefficient (Wildman–Crippen LogP) is 5.01. The molecule has 0 N–H and O–H groups in total. The molecule has 0 unspecified atom stereocenters. The summed E-state index contributed by atoms with van der Waals surface area (Å²) in [4.78, 5) is 0. The Balaban J connectivity index is 1.89. The van der Waals surface area contributed by atoms with E-state index >= 15 is 0 Å². The fourth-order valence-corrected chi connectivity index (χ4v) is 4.33. The van der Waals surface area contributed by atoms with Gasteiger partial charge in [-0.15, -0.1) is 10.2 Å². The molecule has 0 radical (unpaired) electrons. The topological polar surface area (TPSA) is 25.8 Å². The molecule has 6 heteroatoms. The van der Waals surface area contributed by atoms with Crippen LogP contribution in [0.3, 0.4) is 0 Å². The van der Waals surface area contributed by atoms with E-state index in [2.05, 4.69) is 22.8 Å². The lowest BCUT2D eigenvalue weighted by molar-refractivity contribution is 0.605. The van der Waals surface area contributed by atoms with Gasteiger partial charge in [0.1, 0.15) is 0 Å². The average molecular weight is 323 g/mol. The monoisotopic (exact) mass is 322 g/mol. The zero-order valence-electron chi connectivity index (χ0n) is 10.9. The summed E-state index contributed by atoms with van der Waals surface area (Å²) in [6, 6.07) is 0. The fraction of sp³-hybridized carbons (Fsp3) is 0.833. The first-order valence-corrected chi connectivity index (χ1v) is 10.1. The van der Waals surface area contributed by atoms with Crippen LogP contribution in [0.2, 0.25) is 0 Å². The normalized spacial score (nSPS) is 11.0. The summed E-state index contributed by atoms with van der Waals surface area (Å²) in [6.45, 7) is 0. The second-order valence-electron chi connectivity index (χ2n) is 4.08. The molecule has 1 aromatic rings. The van der Waals surface area contributed by atoms with Crippen molar-refractivity contribution in [1.29, 1.82) is 0 Å². The van der Waals surface area contributed by atoms with Gasteiger partial charge in [0.25, 0.3) is 0 Å². The highest BCUT2D eigenvalue weighted by Gasteiger charge is 2.02. The van der Waals surface area contributed by atoms with Gasteiger partial charge in [0.05, 0.1) is 0 Å². The van der Waals surface area contributed by atoms with Gasteiger partial charge in [0.2, 0.25) is 0 Å². The molecule has 0 aromatic carbocycles. The zero-order chi connectivity index (χ0) is 13.1. The lowest BCUT2D eigenvalue weighted by Crippen LogP contribution is -1.83. The molecule has 1 rings (SSSR count). The van der Waals surface area contributed by atoms with Crippen molar-refractivity contribution in [2.24, 2.45) is 0 Å². The molecule has 1 heterocycles. The van der Waals surface area contributed by atoms with Crippen LogP contribution in [0.4, 0.5) is 0 Å². The van der Waals surface area contributed by atoms with Gasteiger partial charge in [0.15, 0.2) is 8.68 Å². The molecule has 0 aliphatic heterocycles. The minimum Gasteiger partial charge on any atom is -0.179 e. The Morgan fingerprint density at radius 2 is 1.56 bits per heavy atom. The molecule has 0 saturated carbocycles. The van der Waals surface area contributed by atoms with E-state index in [0.717, 1.165) is 14.4 Å². The molecule has 0 aliphatic rings. The van der Waals surface area contributed by atoms with Crippen molar-refractivity contribution >= 4 is 47.5 Å². The lowest BCUT2D eigenvalue weighted by Gasteiger charge is -2.00. The highest BCUT2D eigenvalue weighted by molar-refractivity contribution is 8.02. The molecule has 104 valence electrons. The minimum atomic E-state index is 1.04. The van der Waals surface area contributed by atoms with Gasteiger partial charge >= 0.3 is 0 Å². The van der Waals surface area contributed by atoms with Gasteiger partial charge in [-0.05, 0) is 24.9 Å². The summed E-state index contributed by atoms with van der Waals surface area (Å²) in [5.74, 6) is 2.22. The number of hydrogen-bond acceptors (Lipinski definition) is 6. The van der Waals surface area contributed by atoms with Crippen LogP contribution in [0.1, 0.15) is 44.9 Å². The quantitative estimate of drug-likeness (QED) is 0.352. The Hall–Kier alpha value is 0.610. The first-order chi connectivity index (χ1) is 8.86. The van der Waals surface area contributed by atoms with Gasteiger partial charge in [-0.2, -0.15) is 12.6 Å². The summed E-state index contributed by atoms with van der Waals surface area (Å²) in [6.07, 6.45) is 11.4. The van der Waals surface area contributed by atoms with Gasteiger partial charge < -0.3 is 0 Å². The number of aromatic nitrogens is 2. The predicted molar refractivity (Wildman–Crippen MR) is 88.6 cm³/mol. The van der Waals surface area contributed by atoms with Crippen LogP contribution < -0.4 is 0 Å². The maximum atomic E-state index is 4.22. The maximum absolute atomic E-state index is 4.22. The van der Waals surface area contributed by atoms with Gasteiger partial charge in [-0.25, -0.2) is 0 Å². The smallest absolute Gasteiger partial charge is 0.175 e. The Bertz CT molecular complexity index is 304. The van der Waals surface area contributed by atoms with E-state index in [4.69, 9.17) is 0 Å². The van der Waals surface area contributed by atoms with Crippen LogP contribution in [0.25, 0.3) is 0 Å². The molecular weight excluding hydrogens is 300 g/mol. The van der Waals surface area contributed by atoms with Crippen molar-refractivity contribution in [2.75, 3.05) is 17.8 Å². The Morgan fingerprint density at radius 1 is 0.944 bits per heavy atom. The fourth-order valence-electron chi connectivity index (χ4n) is 1.60. The van der Waals surface area contributed by atoms with Crippen molar-refractivity contribution in [3.63, 3.8) is 0 Å². The van der Waals surface area contributed by atoms with Crippen molar-refractivity contribution < 1.29 is 0 Å². The summed E-state index contributed by atoms with van der Waals surface area (Å²) >= 11 is 9.45. The van der Waals surface area contributed by atoms with E-state index in [1.54, 1.807) is 23.1 Å². The highest BCUT2D eigenvalue weighted by Crippen LogP contribution is 2.27. The van der Waals surface area contributed by atoms with E-state index in [-0.39, 0.29) is 0 Å². The molecule has 0 amide bonds. The largest absolute Gasteiger partial charge is 0.179 e. The van der Waals surface area contributed by atoms with Crippen LogP contribution in [0.5, 0.6) is 0 Å². The third-order valence-corrected chi connectivity index (χ3v) is 6.03. The third-order valence-electron chi connectivity index (χ3n) is 2.59. The Kier molecular flexibility index (Phi) is 10.6. The van der Waals surface area contributed by atoms with Gasteiger partial charge in [-0.3, -0.25) is 0 Å². The molecule has 0 spiro atoms. The molecule has 0 saturated heterocycles. The van der Waals surface area contributed by atoms with E-state index in [1.165, 1.54) is 50.7 Å². The molecule has 18 heavy (non-hydrogen) atoms. The molecular formula is C12H22N2S4. The minimum absolute atomic E-state index is 1.04. The van der Waals surface area contributed by atoms with Crippen molar-refractivity contribution in [2.45, 2.75) is 53.6 Å². The van der Waals surface area contributed by atoms with E-state index in [0.29, 0.717) is 0 Å². The van der Waals surface area contributed by atoms with Crippen LogP contribution >= 0.6 is 47.5 Å². The summed E-state index contributed by atoms with van der Waals surface area (Å²) < 4.78 is 2.19. The SMILES string of the molecule is CSc1nnc(SCCCCCCCCCS)s1. The number of hydrogen-bond donors (Lipinski definition) is 1. The van der Waals surface area contributed by atoms with Crippen LogP contribution in [-0.4, -0.2) is 28.0 Å². The molecule has 2 nitrogen and oxygen atoms in total. The summed E-state index contributed by atoms with van der Waals surface area (Å²) in [5.41, 5.74) is 0. The van der Waals surface area contributed by atoms with Gasteiger partial charge in [0, 0.05) is 5.75 Å². The second kappa shape index (κ2) is 11.4. The number of thiol groups is 1. The van der Waals surface area contributed by atoms with E-state index in [9.17, 15) is 0 Å². The standard InChI is InChI=1S/C12H22N2S4/c1-16-11-13-14-12(18-11)17-10-8-6-4-2-3-5-7-9-15/h15H,2-10H2,1H3. The molecule has 0 aliphatic carbocycles. The first-order valence-electron chi connectivity index (χ1n) is 6.48. The van der Waals surface area contributed by atoms with Crippen LogP contribution in [0, 0.1) is 0 Å². The van der Waals surface area contributed by atoms with E-state index in [1.807, 2.05) is 18.0 Å². The molecule has 1 aromatic heterocycles. The molecule has 0 atom stereocenters. The number of nitrogens with zero attached hydrogens (tertiary/aromatic N) is 2. The lowest BCUT2D eigenvalue weighted by atomic mass is 10.1. The number of unbranched alkanes of at least 4 members (excludes halogenated alkanes) is 6. The number of rotatable bonds is 11. The van der Waals surface area contributed by atoms with Crippen LogP contribution in [0.15, 0.2) is 8.68 Å². The summed E-state index contributed by atoms with van der Waals surface area (Å²) in [7, 11) is 0. The average Bonchev–Trinajstić information content (AvgIpc) is 2.85. The zero-order valence-corrected chi connectivity index (χ0v) is 14.3. The van der Waals surface area contributed by atoms with Crippen molar-refractivity contribution in [3.8, 4) is 0 Å². The summed E-state index contributed by atoms with van der Waals surface area (Å²) in [5, 5.41) is 8.25. The van der Waals surface area contributed by atoms with Crippen LogP contribution in [-0.2, 0) is 0 Å². The Morgan fingerprint density at radius 3 is 2.17 bits per heavy atom. The van der Waals surface area contributed by atoms with Gasteiger partial charge in [-0.1, -0.05) is 67.0 Å². The van der Waals surface area contributed by atoms with Crippen molar-refractivity contribution in [3.05, 3.63) is 0 Å².